The first-order valence-electron chi connectivity index (χ1n) is 11.6. The molecule has 0 aliphatic heterocycles. The number of benzene rings is 2. The monoisotopic (exact) mass is 486 g/mol. The lowest BCUT2D eigenvalue weighted by Crippen LogP contribution is -2.47. The van der Waals surface area contributed by atoms with Gasteiger partial charge in [-0.1, -0.05) is 55.5 Å². The van der Waals surface area contributed by atoms with Gasteiger partial charge in [-0.2, -0.15) is 0 Å². The van der Waals surface area contributed by atoms with Crippen LogP contribution in [0.5, 0.6) is 0 Å². The first kappa shape index (κ1) is 24.6. The van der Waals surface area contributed by atoms with Gasteiger partial charge in [0, 0.05) is 19.0 Å². The lowest BCUT2D eigenvalue weighted by molar-refractivity contribution is -0.141. The molecule has 1 saturated carbocycles. The van der Waals surface area contributed by atoms with Crippen molar-refractivity contribution in [1.82, 2.24) is 10.6 Å². The van der Waals surface area contributed by atoms with Crippen molar-refractivity contribution in [2.75, 3.05) is 19.7 Å². The van der Waals surface area contributed by atoms with Gasteiger partial charge < -0.3 is 20.5 Å². The van der Waals surface area contributed by atoms with Crippen LogP contribution in [0.25, 0.3) is 11.1 Å². The average molecular weight is 487 g/mol. The largest absolute Gasteiger partial charge is 0.481 e. The van der Waals surface area contributed by atoms with Crippen LogP contribution in [0.15, 0.2) is 48.5 Å². The molecule has 0 bridgehead atoms. The highest BCUT2D eigenvalue weighted by Gasteiger charge is 2.72. The van der Waals surface area contributed by atoms with Crippen LogP contribution in [0.3, 0.4) is 0 Å². The van der Waals surface area contributed by atoms with Crippen molar-refractivity contribution >= 4 is 18.0 Å². The summed E-state index contributed by atoms with van der Waals surface area (Å²) in [4.78, 5) is 36.0. The van der Waals surface area contributed by atoms with E-state index in [4.69, 9.17) is 9.84 Å². The van der Waals surface area contributed by atoms with Crippen molar-refractivity contribution in [3.05, 3.63) is 59.7 Å². The van der Waals surface area contributed by atoms with E-state index in [0.29, 0.717) is 6.42 Å². The number of carboxylic acids is 1. The molecular weight excluding hydrogens is 458 g/mol. The molecule has 3 atom stereocenters. The minimum Gasteiger partial charge on any atom is -0.481 e. The van der Waals surface area contributed by atoms with Crippen LogP contribution >= 0.6 is 0 Å². The zero-order chi connectivity index (χ0) is 25.4. The fraction of sp³-hybridized carbons (Fsp3) is 0.423. The molecule has 1 fully saturated rings. The standard InChI is InChI=1S/C26H28F2N2O5/c1-3-25(2,23(33)29-12-20-21(22(31)32)26(20,27)28)14-30-24(34)35-13-19-17-10-6-4-8-15(17)16-9-5-7-11-18(16)19/h4-11,19-21H,3,12-14H2,1-2H3,(H,29,33)(H,30,34)(H,31,32). The Kier molecular flexibility index (Phi) is 6.53. The normalized spacial score (nSPS) is 21.3. The number of carbonyl (C=O) groups is 3. The van der Waals surface area contributed by atoms with Crippen molar-refractivity contribution in [3.63, 3.8) is 0 Å². The zero-order valence-electron chi connectivity index (χ0n) is 19.5. The third-order valence-corrected chi connectivity index (χ3v) is 7.25. The van der Waals surface area contributed by atoms with Crippen LogP contribution in [0, 0.1) is 17.3 Å². The molecular formula is C26H28F2N2O5. The predicted octanol–water partition coefficient (Wildman–Crippen LogP) is 4.02. The van der Waals surface area contributed by atoms with Crippen LogP contribution in [0.1, 0.15) is 37.3 Å². The Hall–Kier alpha value is -3.49. The number of hydrogen-bond acceptors (Lipinski definition) is 4. The molecule has 0 heterocycles. The van der Waals surface area contributed by atoms with E-state index >= 15 is 0 Å². The number of carboxylic acid groups (broad SMARTS) is 1. The Bertz CT molecular complexity index is 1110. The molecule has 2 aromatic carbocycles. The van der Waals surface area contributed by atoms with Gasteiger partial charge in [0.25, 0.3) is 5.92 Å². The molecule has 0 radical (unpaired) electrons. The second kappa shape index (κ2) is 9.28. The van der Waals surface area contributed by atoms with Gasteiger partial charge >= 0.3 is 12.1 Å². The molecule has 0 spiro atoms. The fourth-order valence-corrected chi connectivity index (χ4v) is 4.68. The number of ether oxygens (including phenoxy) is 1. The van der Waals surface area contributed by atoms with Crippen molar-refractivity contribution in [3.8, 4) is 11.1 Å². The SMILES string of the molecule is CCC(C)(CNC(=O)OCC1c2ccccc2-c2ccccc21)C(=O)NCC1C(C(=O)O)C1(F)F. The summed E-state index contributed by atoms with van der Waals surface area (Å²) in [5.74, 6) is -8.76. The van der Waals surface area contributed by atoms with E-state index in [9.17, 15) is 23.2 Å². The highest BCUT2D eigenvalue weighted by molar-refractivity contribution is 5.84. The Morgan fingerprint density at radius 2 is 1.60 bits per heavy atom. The van der Waals surface area contributed by atoms with Crippen molar-refractivity contribution in [2.24, 2.45) is 17.3 Å². The molecule has 2 aliphatic rings. The summed E-state index contributed by atoms with van der Waals surface area (Å²) >= 11 is 0. The molecule has 0 saturated heterocycles. The highest BCUT2D eigenvalue weighted by Crippen LogP contribution is 2.55. The zero-order valence-corrected chi connectivity index (χ0v) is 19.5. The van der Waals surface area contributed by atoms with Gasteiger partial charge in [0.05, 0.1) is 11.3 Å². The number of hydrogen-bond donors (Lipinski definition) is 3. The first-order valence-corrected chi connectivity index (χ1v) is 11.6. The molecule has 2 aliphatic carbocycles. The van der Waals surface area contributed by atoms with E-state index in [0.717, 1.165) is 22.3 Å². The summed E-state index contributed by atoms with van der Waals surface area (Å²) in [6, 6.07) is 15.9. The summed E-state index contributed by atoms with van der Waals surface area (Å²) in [7, 11) is 0. The summed E-state index contributed by atoms with van der Waals surface area (Å²) in [5.41, 5.74) is 3.30. The number of alkyl carbamates (subject to hydrolysis) is 1. The number of halogens is 2. The van der Waals surface area contributed by atoms with E-state index in [-0.39, 0.29) is 19.1 Å². The third kappa shape index (κ3) is 4.59. The Labute approximate surface area is 201 Å². The number of aliphatic carboxylic acids is 1. The minimum absolute atomic E-state index is 0.0601. The second-order valence-electron chi connectivity index (χ2n) is 9.40. The molecule has 3 N–H and O–H groups in total. The topological polar surface area (TPSA) is 105 Å². The summed E-state index contributed by atoms with van der Waals surface area (Å²) < 4.78 is 32.7. The quantitative estimate of drug-likeness (QED) is 0.497. The van der Waals surface area contributed by atoms with E-state index in [1.165, 1.54) is 0 Å². The maximum atomic E-state index is 13.6. The lowest BCUT2D eigenvalue weighted by atomic mass is 9.86. The van der Waals surface area contributed by atoms with Gasteiger partial charge in [0.15, 0.2) is 0 Å². The second-order valence-corrected chi connectivity index (χ2v) is 9.40. The molecule has 186 valence electrons. The molecule has 3 unspecified atom stereocenters. The number of alkyl halides is 2. The summed E-state index contributed by atoms with van der Waals surface area (Å²) in [5, 5.41) is 13.9. The lowest BCUT2D eigenvalue weighted by Gasteiger charge is -2.27. The Morgan fingerprint density at radius 3 is 2.11 bits per heavy atom. The number of amides is 2. The maximum Gasteiger partial charge on any atom is 0.407 e. The number of fused-ring (bicyclic) bond motifs is 3. The predicted molar refractivity (Wildman–Crippen MR) is 124 cm³/mol. The van der Waals surface area contributed by atoms with E-state index in [1.54, 1.807) is 13.8 Å². The van der Waals surface area contributed by atoms with Gasteiger partial charge in [0.1, 0.15) is 12.5 Å². The first-order chi connectivity index (χ1) is 16.6. The molecule has 35 heavy (non-hydrogen) atoms. The van der Waals surface area contributed by atoms with Gasteiger partial charge in [-0.15, -0.1) is 0 Å². The molecule has 7 nitrogen and oxygen atoms in total. The fourth-order valence-electron chi connectivity index (χ4n) is 4.68. The number of carbonyl (C=O) groups excluding carboxylic acids is 2. The number of rotatable bonds is 9. The van der Waals surface area contributed by atoms with Gasteiger partial charge in [-0.05, 0) is 35.6 Å². The van der Waals surface area contributed by atoms with Crippen molar-refractivity contribution in [2.45, 2.75) is 32.1 Å². The molecule has 4 rings (SSSR count). The molecule has 0 aromatic heterocycles. The van der Waals surface area contributed by atoms with Crippen LogP contribution in [0.2, 0.25) is 0 Å². The molecule has 2 aromatic rings. The van der Waals surface area contributed by atoms with Gasteiger partial charge in [-0.25, -0.2) is 13.6 Å². The van der Waals surface area contributed by atoms with E-state index < -0.39 is 47.7 Å². The van der Waals surface area contributed by atoms with Crippen LogP contribution in [0.4, 0.5) is 13.6 Å². The van der Waals surface area contributed by atoms with Crippen molar-refractivity contribution in [1.29, 1.82) is 0 Å². The number of nitrogens with one attached hydrogen (secondary N) is 2. The van der Waals surface area contributed by atoms with E-state index in [2.05, 4.69) is 10.6 Å². The summed E-state index contributed by atoms with van der Waals surface area (Å²) in [6.45, 7) is 2.97. The van der Waals surface area contributed by atoms with Gasteiger partial charge in [0.2, 0.25) is 5.91 Å². The highest BCUT2D eigenvalue weighted by atomic mass is 19.3. The Balaban J connectivity index is 1.31. The van der Waals surface area contributed by atoms with Crippen molar-refractivity contribution < 1.29 is 33.0 Å². The summed E-state index contributed by atoms with van der Waals surface area (Å²) in [6.07, 6.45) is -0.356. The minimum atomic E-state index is -3.33. The smallest absolute Gasteiger partial charge is 0.407 e. The maximum absolute atomic E-state index is 13.6. The third-order valence-electron chi connectivity index (χ3n) is 7.25. The van der Waals surface area contributed by atoms with Crippen LogP contribution in [-0.2, 0) is 14.3 Å². The van der Waals surface area contributed by atoms with E-state index in [1.807, 2.05) is 48.5 Å². The van der Waals surface area contributed by atoms with Gasteiger partial charge in [-0.3, -0.25) is 9.59 Å². The molecule has 9 heteroatoms. The average Bonchev–Trinajstić information content (AvgIpc) is 3.26. The Morgan fingerprint density at radius 1 is 1.03 bits per heavy atom. The van der Waals surface area contributed by atoms with Crippen LogP contribution in [-0.4, -0.2) is 48.7 Å². The van der Waals surface area contributed by atoms with Crippen LogP contribution < -0.4 is 10.6 Å². The molecule has 2 amide bonds.